The number of thiazole rings is 1. The van der Waals surface area contributed by atoms with Crippen LogP contribution in [0, 0.1) is 0 Å². The molecule has 8 nitrogen and oxygen atoms in total. The molecule has 0 saturated carbocycles. The Morgan fingerprint density at radius 3 is 2.68 bits per heavy atom. The molecule has 0 unspecified atom stereocenters. The maximum absolute atomic E-state index is 13.4. The summed E-state index contributed by atoms with van der Waals surface area (Å²) in [6.45, 7) is 0.790. The molecule has 10 heteroatoms. The molecular weight excluding hydrogens is 516 g/mol. The van der Waals surface area contributed by atoms with Crippen molar-refractivity contribution >= 4 is 55.7 Å². The van der Waals surface area contributed by atoms with E-state index < -0.39 is 17.7 Å². The Balaban J connectivity index is 1.53. The highest BCUT2D eigenvalue weighted by Gasteiger charge is 2.48. The summed E-state index contributed by atoms with van der Waals surface area (Å²) in [5, 5.41) is 12.1. The van der Waals surface area contributed by atoms with Crippen molar-refractivity contribution < 1.29 is 28.9 Å². The molecule has 0 radical (unpaired) electrons. The summed E-state index contributed by atoms with van der Waals surface area (Å²) >= 11 is 7.54. The second kappa shape index (κ2) is 9.10. The number of carbonyl (C=O) groups is 2. The number of aromatic nitrogens is 1. The van der Waals surface area contributed by atoms with E-state index in [1.54, 1.807) is 61.7 Å². The van der Waals surface area contributed by atoms with E-state index in [1.807, 2.05) is 6.07 Å². The first-order valence-electron chi connectivity index (χ1n) is 11.4. The molecule has 3 heterocycles. The molecule has 1 saturated heterocycles. The molecule has 0 spiro atoms. The normalized spacial score (nSPS) is 18.4. The van der Waals surface area contributed by atoms with E-state index in [9.17, 15) is 14.7 Å². The van der Waals surface area contributed by atoms with E-state index in [2.05, 4.69) is 4.98 Å². The first-order chi connectivity index (χ1) is 17.9. The predicted octanol–water partition coefficient (Wildman–Crippen LogP) is 5.36. The van der Waals surface area contributed by atoms with Crippen molar-refractivity contribution in [1.82, 2.24) is 4.98 Å². The molecule has 1 aromatic heterocycles. The van der Waals surface area contributed by atoms with Gasteiger partial charge in [0.25, 0.3) is 5.78 Å². The number of aliphatic hydroxyl groups is 1. The first kappa shape index (κ1) is 23.3. The van der Waals surface area contributed by atoms with E-state index in [0.29, 0.717) is 57.3 Å². The highest BCUT2D eigenvalue weighted by atomic mass is 35.5. The van der Waals surface area contributed by atoms with Gasteiger partial charge in [0, 0.05) is 10.6 Å². The van der Waals surface area contributed by atoms with Gasteiger partial charge in [0.05, 0.1) is 28.9 Å². The third-order valence-corrected chi connectivity index (χ3v) is 7.47. The fourth-order valence-electron chi connectivity index (χ4n) is 4.49. The monoisotopic (exact) mass is 534 g/mol. The number of halogens is 1. The number of benzene rings is 3. The molecular formula is C27H19ClN2O6S. The molecule has 2 aliphatic heterocycles. The number of methoxy groups -OCH3 is 1. The summed E-state index contributed by atoms with van der Waals surface area (Å²) in [4.78, 5) is 32.8. The van der Waals surface area contributed by atoms with Gasteiger partial charge in [0.1, 0.15) is 24.7 Å². The summed E-state index contributed by atoms with van der Waals surface area (Å²) in [6, 6.07) is 16.1. The largest absolute Gasteiger partial charge is 0.507 e. The van der Waals surface area contributed by atoms with Crippen LogP contribution in [0.3, 0.4) is 0 Å². The van der Waals surface area contributed by atoms with E-state index >= 15 is 0 Å². The van der Waals surface area contributed by atoms with E-state index in [-0.39, 0.29) is 11.3 Å². The minimum atomic E-state index is -0.950. The van der Waals surface area contributed by atoms with Crippen LogP contribution in [0.25, 0.3) is 16.0 Å². The van der Waals surface area contributed by atoms with Crippen LogP contribution in [-0.4, -0.2) is 42.1 Å². The maximum Gasteiger partial charge on any atom is 0.301 e. The smallest absolute Gasteiger partial charge is 0.301 e. The zero-order valence-corrected chi connectivity index (χ0v) is 21.0. The summed E-state index contributed by atoms with van der Waals surface area (Å²) in [5.41, 5.74) is 1.46. The highest BCUT2D eigenvalue weighted by Crippen LogP contribution is 2.45. The lowest BCUT2D eigenvalue weighted by Crippen LogP contribution is -2.29. The SMILES string of the molecule is COc1ccc2nc(N3C(=O)C(=O)/C(=C(/O)c4ccc5c(c4)OCCO5)[C@H]3c3cccc(Cl)c3)sc2c1. The molecule has 2 aliphatic rings. The molecule has 1 amide bonds. The number of carbonyl (C=O) groups excluding carboxylic acids is 2. The average molecular weight is 535 g/mol. The minimum Gasteiger partial charge on any atom is -0.507 e. The molecule has 0 aliphatic carbocycles. The van der Waals surface area contributed by atoms with Crippen LogP contribution in [0.2, 0.25) is 5.02 Å². The second-order valence-corrected chi connectivity index (χ2v) is 9.86. The van der Waals surface area contributed by atoms with E-state index in [4.69, 9.17) is 25.8 Å². The third-order valence-electron chi connectivity index (χ3n) is 6.21. The van der Waals surface area contributed by atoms with Crippen molar-refractivity contribution in [2.45, 2.75) is 6.04 Å². The van der Waals surface area contributed by atoms with Crippen molar-refractivity contribution in [2.75, 3.05) is 25.2 Å². The van der Waals surface area contributed by atoms with Crippen LogP contribution < -0.4 is 19.1 Å². The molecule has 0 bridgehead atoms. The quantitative estimate of drug-likeness (QED) is 0.214. The lowest BCUT2D eigenvalue weighted by atomic mass is 9.95. The molecule has 4 aromatic rings. The van der Waals surface area contributed by atoms with Crippen LogP contribution in [0.4, 0.5) is 5.13 Å². The van der Waals surface area contributed by atoms with Crippen molar-refractivity contribution in [1.29, 1.82) is 0 Å². The number of anilines is 1. The molecule has 6 rings (SSSR count). The highest BCUT2D eigenvalue weighted by molar-refractivity contribution is 7.22. The van der Waals surface area contributed by atoms with Crippen molar-refractivity contribution in [3.8, 4) is 17.2 Å². The van der Waals surface area contributed by atoms with E-state index in [0.717, 1.165) is 4.70 Å². The lowest BCUT2D eigenvalue weighted by Gasteiger charge is -2.23. The zero-order valence-electron chi connectivity index (χ0n) is 19.4. The fourth-order valence-corrected chi connectivity index (χ4v) is 5.71. The predicted molar refractivity (Wildman–Crippen MR) is 140 cm³/mol. The zero-order chi connectivity index (χ0) is 25.7. The summed E-state index contributed by atoms with van der Waals surface area (Å²) in [5.74, 6) is -0.312. The second-order valence-electron chi connectivity index (χ2n) is 8.41. The van der Waals surface area contributed by atoms with Gasteiger partial charge in [-0.3, -0.25) is 14.5 Å². The number of aliphatic hydroxyl groups excluding tert-OH is 1. The number of ether oxygens (including phenoxy) is 3. The van der Waals surface area contributed by atoms with Gasteiger partial charge in [-0.2, -0.15) is 0 Å². The molecule has 3 aromatic carbocycles. The third kappa shape index (κ3) is 3.96. The van der Waals surface area contributed by atoms with E-state index in [1.165, 1.54) is 16.2 Å². The van der Waals surface area contributed by atoms with Gasteiger partial charge in [0.15, 0.2) is 16.6 Å². The fraction of sp³-hybridized carbons (Fsp3) is 0.148. The summed E-state index contributed by atoms with van der Waals surface area (Å²) in [6.07, 6.45) is 0. The maximum atomic E-state index is 13.4. The van der Waals surface area contributed by atoms with Gasteiger partial charge in [-0.25, -0.2) is 4.98 Å². The molecule has 1 fully saturated rings. The summed E-state index contributed by atoms with van der Waals surface area (Å²) < 4.78 is 17.3. The van der Waals surface area contributed by atoms with Crippen LogP contribution in [-0.2, 0) is 9.59 Å². The Kier molecular flexibility index (Phi) is 5.73. The van der Waals surface area contributed by atoms with Gasteiger partial charge < -0.3 is 19.3 Å². The Bertz CT molecular complexity index is 1610. The first-order valence-corrected chi connectivity index (χ1v) is 12.5. The van der Waals surface area contributed by atoms with Crippen molar-refractivity contribution in [3.05, 3.63) is 82.4 Å². The number of rotatable bonds is 4. The number of Topliss-reactive ketones (excluding diaryl/α,β-unsaturated/α-hetero) is 1. The molecule has 1 atom stereocenters. The Morgan fingerprint density at radius 2 is 1.89 bits per heavy atom. The Labute approximate surface area is 220 Å². The average Bonchev–Trinajstić information content (AvgIpc) is 3.45. The lowest BCUT2D eigenvalue weighted by molar-refractivity contribution is -0.132. The topological polar surface area (TPSA) is 98.2 Å². The number of amides is 1. The van der Waals surface area contributed by atoms with Crippen LogP contribution in [0.1, 0.15) is 17.2 Å². The van der Waals surface area contributed by atoms with Crippen LogP contribution in [0.15, 0.2) is 66.2 Å². The molecule has 1 N–H and O–H groups in total. The number of hydrogen-bond acceptors (Lipinski definition) is 8. The van der Waals surface area contributed by atoms with Gasteiger partial charge >= 0.3 is 5.91 Å². The number of hydrogen-bond donors (Lipinski definition) is 1. The molecule has 37 heavy (non-hydrogen) atoms. The van der Waals surface area contributed by atoms with Gasteiger partial charge in [-0.05, 0) is 54.1 Å². The van der Waals surface area contributed by atoms with Gasteiger partial charge in [0.2, 0.25) is 0 Å². The number of nitrogens with zero attached hydrogens (tertiary/aromatic N) is 2. The number of fused-ring (bicyclic) bond motifs is 2. The Morgan fingerprint density at radius 1 is 1.08 bits per heavy atom. The standard InChI is InChI=1S/C27H19ClN2O6S/c1-34-17-6-7-18-21(13-17)37-27(29-18)30-23(14-3-2-4-16(28)11-14)22(25(32)26(30)33)24(31)15-5-8-19-20(12-15)36-10-9-35-19/h2-8,11-13,23,31H,9-10H2,1H3/b24-22+/t23-/m1/s1. The van der Waals surface area contributed by atoms with Gasteiger partial charge in [-0.15, -0.1) is 0 Å². The van der Waals surface area contributed by atoms with Gasteiger partial charge in [-0.1, -0.05) is 35.1 Å². The number of ketones is 1. The van der Waals surface area contributed by atoms with Crippen molar-refractivity contribution in [2.24, 2.45) is 0 Å². The van der Waals surface area contributed by atoms with Crippen LogP contribution >= 0.6 is 22.9 Å². The molecule has 186 valence electrons. The van der Waals surface area contributed by atoms with Crippen LogP contribution in [0.5, 0.6) is 17.2 Å². The minimum absolute atomic E-state index is 0.0687. The summed E-state index contributed by atoms with van der Waals surface area (Å²) in [7, 11) is 1.57. The Hall–Kier alpha value is -4.08. The van der Waals surface area contributed by atoms with Crippen molar-refractivity contribution in [3.63, 3.8) is 0 Å².